The molecule has 0 aliphatic carbocycles. The zero-order chi connectivity index (χ0) is 16.4. The van der Waals surface area contributed by atoms with Crippen molar-refractivity contribution in [2.45, 2.75) is 4.90 Å². The molecule has 0 unspecified atom stereocenters. The Balaban J connectivity index is 2.58. The van der Waals surface area contributed by atoms with Crippen LogP contribution in [0.2, 0.25) is 0 Å². The van der Waals surface area contributed by atoms with Crippen molar-refractivity contribution < 1.29 is 27.3 Å². The fourth-order valence-electron chi connectivity index (χ4n) is 2.00. The van der Waals surface area contributed by atoms with Crippen LogP contribution in [-0.2, 0) is 19.8 Å². The molecular formula is C12H16N2O6S2. The maximum atomic E-state index is 12.5. The van der Waals surface area contributed by atoms with Crippen molar-refractivity contribution in [3.8, 4) is 5.75 Å². The molecule has 0 bridgehead atoms. The summed E-state index contributed by atoms with van der Waals surface area (Å²) in [6, 6.07) is 3.43. The molecule has 0 spiro atoms. The summed E-state index contributed by atoms with van der Waals surface area (Å²) < 4.78 is 45.8. The average molecular weight is 348 g/mol. The van der Waals surface area contributed by atoms with Crippen LogP contribution >= 0.6 is 0 Å². The minimum absolute atomic E-state index is 0.0364. The molecule has 22 heavy (non-hydrogen) atoms. The largest absolute Gasteiger partial charge is 0.495 e. The first-order valence-electron chi connectivity index (χ1n) is 6.38. The number of rotatable bonds is 4. The van der Waals surface area contributed by atoms with Gasteiger partial charge < -0.3 is 15.2 Å². The van der Waals surface area contributed by atoms with Crippen molar-refractivity contribution in [3.05, 3.63) is 23.8 Å². The van der Waals surface area contributed by atoms with Crippen molar-refractivity contribution >= 4 is 25.7 Å². The summed E-state index contributed by atoms with van der Waals surface area (Å²) in [5.41, 5.74) is -0.213. The van der Waals surface area contributed by atoms with Crippen LogP contribution in [0.4, 0.5) is 0 Å². The van der Waals surface area contributed by atoms with Gasteiger partial charge >= 0.3 is 5.97 Å². The van der Waals surface area contributed by atoms with Crippen molar-refractivity contribution in [1.29, 1.82) is 0 Å². The van der Waals surface area contributed by atoms with Crippen LogP contribution in [0.25, 0.3) is 0 Å². The maximum absolute atomic E-state index is 12.5. The monoisotopic (exact) mass is 348 g/mol. The first-order valence-corrected chi connectivity index (χ1v) is 9.68. The normalized spacial score (nSPS) is 17.7. The number of sulfonamides is 1. The van der Waals surface area contributed by atoms with Crippen molar-refractivity contribution in [2.75, 3.05) is 31.7 Å². The zero-order valence-electron chi connectivity index (χ0n) is 11.8. The van der Waals surface area contributed by atoms with Crippen LogP contribution in [-0.4, -0.2) is 55.4 Å². The summed E-state index contributed by atoms with van der Waals surface area (Å²) in [5.74, 6) is -1.05. The third-order valence-electron chi connectivity index (χ3n) is 3.12. The van der Waals surface area contributed by atoms with Crippen LogP contribution in [0.15, 0.2) is 26.9 Å². The summed E-state index contributed by atoms with van der Waals surface area (Å²) in [6.45, 7) is 0.842. The molecule has 2 rings (SSSR count). The van der Waals surface area contributed by atoms with E-state index in [0.717, 1.165) is 6.07 Å². The Kier molecular flexibility index (Phi) is 4.73. The van der Waals surface area contributed by atoms with E-state index < -0.39 is 30.6 Å². The Labute approximate surface area is 128 Å². The first kappa shape index (κ1) is 16.7. The lowest BCUT2D eigenvalue weighted by atomic mass is 10.2. The molecule has 0 radical (unpaired) electrons. The van der Waals surface area contributed by atoms with E-state index in [1.165, 1.54) is 19.2 Å². The van der Waals surface area contributed by atoms with Crippen molar-refractivity contribution in [3.63, 3.8) is 0 Å². The molecule has 1 aliphatic rings. The number of carbonyl (C=O) groups is 1. The zero-order valence-corrected chi connectivity index (χ0v) is 13.4. The number of carboxylic acid groups (broad SMARTS) is 1. The molecule has 1 aliphatic heterocycles. The lowest BCUT2D eigenvalue weighted by Crippen LogP contribution is -2.36. The van der Waals surface area contributed by atoms with Gasteiger partial charge in [-0.15, -0.1) is 3.77 Å². The number of carboxylic acids is 1. The van der Waals surface area contributed by atoms with Gasteiger partial charge in [-0.3, -0.25) is 0 Å². The van der Waals surface area contributed by atoms with Crippen LogP contribution in [0.3, 0.4) is 0 Å². The number of hydrogen-bond acceptors (Lipinski definition) is 6. The number of hydrogen-bond donors (Lipinski definition) is 2. The highest BCUT2D eigenvalue weighted by atomic mass is 32.3. The number of benzene rings is 1. The second kappa shape index (κ2) is 6.23. The molecule has 0 saturated carbocycles. The molecule has 1 aromatic rings. The third kappa shape index (κ3) is 3.57. The van der Waals surface area contributed by atoms with Gasteiger partial charge in [-0.1, -0.05) is 0 Å². The first-order chi connectivity index (χ1) is 10.3. The highest BCUT2D eigenvalue weighted by molar-refractivity contribution is 8.03. The van der Waals surface area contributed by atoms with E-state index in [1.807, 2.05) is 0 Å². The summed E-state index contributed by atoms with van der Waals surface area (Å²) >= 11 is 0. The summed E-state index contributed by atoms with van der Waals surface area (Å²) in [4.78, 5) is 10.6. The third-order valence-corrected chi connectivity index (χ3v) is 7.55. The Hall–Kier alpha value is -1.65. The van der Waals surface area contributed by atoms with Gasteiger partial charge in [0.2, 0.25) is 0 Å². The molecular weight excluding hydrogens is 332 g/mol. The van der Waals surface area contributed by atoms with Gasteiger partial charge in [-0.2, -0.15) is 8.42 Å². The topological polar surface area (TPSA) is 122 Å². The van der Waals surface area contributed by atoms with Gasteiger partial charge in [-0.05, 0) is 18.2 Å². The number of nitrogens with zero attached hydrogens (tertiary/aromatic N) is 1. The highest BCUT2D eigenvalue weighted by Crippen LogP contribution is 2.27. The maximum Gasteiger partial charge on any atom is 0.335 e. The summed E-state index contributed by atoms with van der Waals surface area (Å²) in [5, 5.41) is 12.0. The van der Waals surface area contributed by atoms with Crippen LogP contribution in [0.1, 0.15) is 10.4 Å². The predicted octanol–water partition coefficient (Wildman–Crippen LogP) is 0.153. The number of methoxy groups -OCH3 is 1. The molecule has 122 valence electrons. The Morgan fingerprint density at radius 1 is 1.36 bits per heavy atom. The second-order valence-electron chi connectivity index (χ2n) is 4.65. The molecule has 0 aromatic heterocycles. The fourth-order valence-corrected chi connectivity index (χ4v) is 6.16. The highest BCUT2D eigenvalue weighted by Gasteiger charge is 2.25. The van der Waals surface area contributed by atoms with E-state index in [4.69, 9.17) is 9.84 Å². The van der Waals surface area contributed by atoms with Crippen molar-refractivity contribution in [2.24, 2.45) is 3.77 Å². The van der Waals surface area contributed by atoms with Gasteiger partial charge in [0.25, 0.3) is 10.0 Å². The molecule has 8 nitrogen and oxygen atoms in total. The number of aromatic carboxylic acids is 1. The molecule has 0 atom stereocenters. The van der Waals surface area contributed by atoms with Crippen LogP contribution < -0.4 is 10.1 Å². The minimum atomic E-state index is -4.28. The smallest absolute Gasteiger partial charge is 0.335 e. The van der Waals surface area contributed by atoms with E-state index >= 15 is 0 Å². The van der Waals surface area contributed by atoms with E-state index in [0.29, 0.717) is 13.1 Å². The molecule has 10 heteroatoms. The Bertz CT molecular complexity index is 797. The molecule has 1 saturated heterocycles. The van der Waals surface area contributed by atoms with E-state index in [1.54, 1.807) is 0 Å². The van der Waals surface area contributed by atoms with Crippen LogP contribution in [0, 0.1) is 0 Å². The lowest BCUT2D eigenvalue weighted by Gasteiger charge is -2.16. The SMILES string of the molecule is COc1ccc(C(=O)O)cc1S(=O)(=O)N=S1(=O)CCNCC1. The van der Waals surface area contributed by atoms with E-state index in [-0.39, 0.29) is 22.8 Å². The quantitative estimate of drug-likeness (QED) is 0.794. The van der Waals surface area contributed by atoms with E-state index in [2.05, 4.69) is 9.08 Å². The number of nitrogens with one attached hydrogen (secondary N) is 1. The van der Waals surface area contributed by atoms with Gasteiger partial charge in [0.05, 0.1) is 22.4 Å². The fraction of sp³-hybridized carbons (Fsp3) is 0.417. The predicted molar refractivity (Wildman–Crippen MR) is 80.3 cm³/mol. The molecule has 2 N–H and O–H groups in total. The molecule has 1 aromatic carbocycles. The Morgan fingerprint density at radius 2 is 2.00 bits per heavy atom. The van der Waals surface area contributed by atoms with Crippen molar-refractivity contribution in [1.82, 2.24) is 5.32 Å². The molecule has 1 fully saturated rings. The average Bonchev–Trinajstić information content (AvgIpc) is 2.46. The molecule has 1 heterocycles. The van der Waals surface area contributed by atoms with Gasteiger partial charge in [0.15, 0.2) is 0 Å². The van der Waals surface area contributed by atoms with Gasteiger partial charge in [0.1, 0.15) is 10.6 Å². The molecule has 0 amide bonds. The number of ether oxygens (including phenoxy) is 1. The van der Waals surface area contributed by atoms with E-state index in [9.17, 15) is 17.4 Å². The summed E-state index contributed by atoms with van der Waals surface area (Å²) in [7, 11) is -5.90. The van der Waals surface area contributed by atoms with Crippen LogP contribution in [0.5, 0.6) is 5.75 Å². The summed E-state index contributed by atoms with van der Waals surface area (Å²) in [6.07, 6.45) is 0. The minimum Gasteiger partial charge on any atom is -0.495 e. The standard InChI is InChI=1S/C12H16N2O6S2/c1-20-10-3-2-9(12(15)16)8-11(10)22(18,19)14-21(17)6-4-13-5-7-21/h2-3,8,13H,4-7H2,1H3,(H,15,16). The Morgan fingerprint density at radius 3 is 2.55 bits per heavy atom. The lowest BCUT2D eigenvalue weighted by molar-refractivity contribution is 0.0696. The second-order valence-corrected chi connectivity index (χ2v) is 9.00. The van der Waals surface area contributed by atoms with Gasteiger partial charge in [0, 0.05) is 24.6 Å². The van der Waals surface area contributed by atoms with Gasteiger partial charge in [-0.25, -0.2) is 9.00 Å².